The van der Waals surface area contributed by atoms with Crippen LogP contribution in [0.3, 0.4) is 0 Å². The Morgan fingerprint density at radius 2 is 0.847 bits per heavy atom. The Morgan fingerprint density at radius 1 is 0.542 bits per heavy atom. The van der Waals surface area contributed by atoms with Crippen molar-refractivity contribution in [3.8, 4) is 142 Å². The van der Waals surface area contributed by atoms with E-state index in [-0.39, 0.29) is 28.7 Å². The Morgan fingerprint density at radius 3 is 1.12 bits per heavy atom. The number of hydrogen-bond donors (Lipinski definition) is 0. The van der Waals surface area contributed by atoms with Crippen LogP contribution in [0.4, 0.5) is 53.9 Å². The van der Waals surface area contributed by atoms with Crippen LogP contribution in [-0.4, -0.2) is 36.4 Å². The smallest absolute Gasteiger partial charge is 0.283 e. The van der Waals surface area contributed by atoms with Crippen LogP contribution in [0.25, 0.3) is 0 Å². The molecule has 0 saturated carbocycles. The standard InChI is InChI=1S/C23H17F2NP2.C14H5ClF2P2.2C6H2F2.Cl3P.4FH.H3P/c1-22-11-13-23(14-12-22)21-26(2)27-17-20-28(18-9-5-3-7-15-24)19-10-6-4-8-16-25;15-18-11-14-19(12-7-3-1-5-9-16)13-8-4-2-6-10-17;2*1-2-3-4-5-6(7)8;1-4(2)3;;;;;/h11-14,27H,17,20-21H2,1-2H3;18H,11,14H2;2*1H2;;4*1H;1H3. The lowest BCUT2D eigenvalue weighted by Gasteiger charge is -2.17. The summed E-state index contributed by atoms with van der Waals surface area (Å²) in [6.45, 7) is 9.09. The maximum atomic E-state index is 11.7. The quantitative estimate of drug-likeness (QED) is 0.103. The molecule has 0 amide bonds. The Bertz CT molecular complexity index is 2720. The molecule has 0 radical (unpaired) electrons. The lowest BCUT2D eigenvalue weighted by Crippen LogP contribution is -2.08. The molecule has 0 bridgehead atoms. The molecule has 1 aromatic carbocycles. The second-order valence-corrected chi connectivity index (χ2v) is 21.2. The zero-order chi connectivity index (χ0) is 51.0. The molecule has 0 aromatic heterocycles. The summed E-state index contributed by atoms with van der Waals surface area (Å²) >= 11 is 20.2. The number of aryl methyl sites for hydroxylation is 1. The Balaban J connectivity index is -0.000000111. The largest absolute Gasteiger partial charge is 0.321 e. The number of benzene rings is 1. The number of rotatable bonds is 9. The maximum absolute atomic E-state index is 11.7. The highest BCUT2D eigenvalue weighted by Crippen LogP contribution is 2.51. The summed E-state index contributed by atoms with van der Waals surface area (Å²) < 4.78 is 92.5. The minimum atomic E-state index is -1.92. The van der Waals surface area contributed by atoms with E-state index in [0.29, 0.717) is 16.7 Å². The monoisotopic (exact) mass is 1190 g/mol. The first kappa shape index (κ1) is 86.3. The fourth-order valence-corrected chi connectivity index (χ4v) is 8.07. The Kier molecular flexibility index (Phi) is 86.4. The fraction of sp³-hybridized carbons (Fsp3) is 0.143. The summed E-state index contributed by atoms with van der Waals surface area (Å²) in [6, 6.07) is 8.50. The molecule has 0 aliphatic rings. The summed E-state index contributed by atoms with van der Waals surface area (Å²) in [5.41, 5.74) is 29.2. The Hall–Kier alpha value is -5.48. The molecule has 3 atom stereocenters. The van der Waals surface area contributed by atoms with Gasteiger partial charge in [0.25, 0.3) is 0 Å². The predicted molar refractivity (Wildman–Crippen MR) is 293 cm³/mol. The molecule has 1 nitrogen and oxygen atoms in total. The van der Waals surface area contributed by atoms with Gasteiger partial charge in [-0.05, 0) is 158 Å². The SMILES string of the molecule is C=C=C=C=C=C(F)F.C=C=C=C=C=C(F)F.Cc1ccc(CN(C)PCCP(C#CC#CC#CF)C#CC#CC#CF)cc1.ClP(Cl)Cl.F.F.F.F.FC#CC#CC#CP(C#CC#CC#CF)CCPCl.P. The molecule has 0 spiro atoms. The predicted octanol–water partition coefficient (Wildman–Crippen LogP) is 15.0. The number of nitrogens with zero attached hydrogens (tertiary/aromatic N) is 1. The second-order valence-electron chi connectivity index (χ2n) is 9.58. The molecule has 3 unspecified atom stereocenters. The van der Waals surface area contributed by atoms with Crippen LogP contribution in [0.15, 0.2) is 95.4 Å². The highest BCUT2D eigenvalue weighted by atomic mass is 36.0. The molecule has 1 aromatic rings. The summed E-state index contributed by atoms with van der Waals surface area (Å²) in [5.74, 6) is 35.8. The average Bonchev–Trinajstić information content (AvgIpc) is 3.28. The molecule has 0 aliphatic heterocycles. The zero-order valence-electron chi connectivity index (χ0n) is 36.9. The number of hydrogen-bond acceptors (Lipinski definition) is 1. The average molecular weight is 1190 g/mol. The van der Waals surface area contributed by atoms with Crippen molar-refractivity contribution in [2.24, 2.45) is 0 Å². The van der Waals surface area contributed by atoms with Crippen molar-refractivity contribution in [3.05, 3.63) is 107 Å². The van der Waals surface area contributed by atoms with Gasteiger partial charge in [-0.2, -0.15) is 27.5 Å². The van der Waals surface area contributed by atoms with Gasteiger partial charge in [0.2, 0.25) is 0 Å². The van der Waals surface area contributed by atoms with Gasteiger partial charge in [0.05, 0.1) is 15.8 Å². The zero-order valence-corrected chi connectivity index (χ0v) is 46.0. The van der Waals surface area contributed by atoms with Crippen LogP contribution < -0.4 is 0 Å². The molecule has 0 N–H and O–H groups in total. The highest BCUT2D eigenvalue weighted by molar-refractivity contribution is 8.20. The van der Waals surface area contributed by atoms with E-state index in [4.69, 9.17) is 45.0 Å². The van der Waals surface area contributed by atoms with Crippen LogP contribution in [-0.2, 0) is 6.54 Å². The third-order valence-electron chi connectivity index (χ3n) is 5.01. The molecule has 72 heavy (non-hydrogen) atoms. The van der Waals surface area contributed by atoms with E-state index in [9.17, 15) is 35.1 Å². The molecule has 0 saturated heterocycles. The van der Waals surface area contributed by atoms with Gasteiger partial charge in [0.1, 0.15) is 24.7 Å². The van der Waals surface area contributed by atoms with Crippen LogP contribution in [0.2, 0.25) is 0 Å². The van der Waals surface area contributed by atoms with E-state index < -0.39 is 34.0 Å². The Labute approximate surface area is 443 Å². The first-order chi connectivity index (χ1) is 32.3. The minimum Gasteiger partial charge on any atom is -0.283 e. The topological polar surface area (TPSA) is 3.24 Å². The van der Waals surface area contributed by atoms with Gasteiger partial charge in [0, 0.05) is 65.4 Å². The summed E-state index contributed by atoms with van der Waals surface area (Å²) in [4.78, 5) is 0. The fourth-order valence-electron chi connectivity index (χ4n) is 2.78. The molecule has 0 fully saturated rings. The van der Waals surface area contributed by atoms with Crippen molar-refractivity contribution in [1.29, 1.82) is 0 Å². The van der Waals surface area contributed by atoms with Gasteiger partial charge in [-0.25, -0.2) is 0 Å². The minimum absolute atomic E-state index is 0. The molecule has 1 rings (SSSR count). The van der Waals surface area contributed by atoms with Crippen molar-refractivity contribution in [2.75, 3.05) is 31.7 Å². The molecule has 0 aliphatic carbocycles. The van der Waals surface area contributed by atoms with E-state index in [2.05, 4.69) is 173 Å². The van der Waals surface area contributed by atoms with Crippen molar-refractivity contribution < 1.29 is 53.9 Å². The van der Waals surface area contributed by atoms with E-state index in [1.165, 1.54) is 34.9 Å². The van der Waals surface area contributed by atoms with Gasteiger partial charge in [-0.1, -0.05) is 83.7 Å². The number of halogens is 16. The van der Waals surface area contributed by atoms with Crippen molar-refractivity contribution >= 4 is 93.3 Å². The van der Waals surface area contributed by atoms with E-state index in [0.717, 1.165) is 43.5 Å². The normalized spacial score (nSPS) is 6.86. The van der Waals surface area contributed by atoms with E-state index in [1.807, 2.05) is 35.1 Å². The van der Waals surface area contributed by atoms with Gasteiger partial charge >= 0.3 is 12.2 Å². The highest BCUT2D eigenvalue weighted by Gasteiger charge is 2.04. The van der Waals surface area contributed by atoms with Crippen LogP contribution in [0.1, 0.15) is 11.1 Å². The second kappa shape index (κ2) is 72.1. The van der Waals surface area contributed by atoms with Crippen molar-refractivity contribution in [3.63, 3.8) is 0 Å². The molecular formula is C49H33Cl4F12NP6. The third kappa shape index (κ3) is 81.5. The van der Waals surface area contributed by atoms with Gasteiger partial charge in [-0.15, -0.1) is 28.8 Å². The van der Waals surface area contributed by atoms with Gasteiger partial charge in [-0.3, -0.25) is 23.5 Å². The third-order valence-corrected chi connectivity index (χ3v) is 10.9. The maximum Gasteiger partial charge on any atom is 0.321 e. The van der Waals surface area contributed by atoms with Gasteiger partial charge < -0.3 is 0 Å². The summed E-state index contributed by atoms with van der Waals surface area (Å²) in [7, 11) is 1.19. The van der Waals surface area contributed by atoms with Crippen LogP contribution in [0, 0.1) is 149 Å². The summed E-state index contributed by atoms with van der Waals surface area (Å²) in [6.07, 6.45) is 4.13. The molecule has 23 heteroatoms. The molecule has 0 heterocycles. The van der Waals surface area contributed by atoms with Crippen LogP contribution in [0.5, 0.6) is 0 Å². The van der Waals surface area contributed by atoms with E-state index in [1.54, 1.807) is 0 Å². The lowest BCUT2D eigenvalue weighted by atomic mass is 10.1. The first-order valence-corrected chi connectivity index (χ1v) is 27.3. The summed E-state index contributed by atoms with van der Waals surface area (Å²) in [5, 5.41) is 0. The van der Waals surface area contributed by atoms with E-state index >= 15 is 0 Å². The lowest BCUT2D eigenvalue weighted by molar-refractivity contribution is 0.423. The molecule has 376 valence electrons. The first-order valence-electron chi connectivity index (χ1n) is 16.8. The van der Waals surface area contributed by atoms with Crippen molar-refractivity contribution in [1.82, 2.24) is 4.67 Å². The molecular weight excluding hydrogens is 1160 g/mol. The van der Waals surface area contributed by atoms with Gasteiger partial charge in [0.15, 0.2) is 5.98 Å². The van der Waals surface area contributed by atoms with Crippen LogP contribution >= 0.6 is 93.3 Å². The van der Waals surface area contributed by atoms with Crippen molar-refractivity contribution in [2.45, 2.75) is 13.5 Å².